The summed E-state index contributed by atoms with van der Waals surface area (Å²) in [6.07, 6.45) is 0. The molecule has 0 aromatic heterocycles. The van der Waals surface area contributed by atoms with Crippen LogP contribution in [0.3, 0.4) is 0 Å². The first-order chi connectivity index (χ1) is 3.62. The molecule has 0 saturated carbocycles. The van der Waals surface area contributed by atoms with Crippen molar-refractivity contribution in [2.45, 2.75) is 0 Å². The minimum absolute atomic E-state index is 0. The summed E-state index contributed by atoms with van der Waals surface area (Å²) < 4.78 is 24.4. The van der Waals surface area contributed by atoms with Crippen molar-refractivity contribution in [2.24, 2.45) is 0 Å². The van der Waals surface area contributed by atoms with Crippen LogP contribution in [0.25, 0.3) is 0 Å². The molecule has 0 amide bonds. The van der Waals surface area contributed by atoms with Crippen molar-refractivity contribution in [2.75, 3.05) is 19.5 Å². The molecule has 1 N–H and O–H groups in total. The van der Waals surface area contributed by atoms with Gasteiger partial charge in [0.2, 0.25) is 0 Å². The molecule has 52 valence electrons. The van der Waals surface area contributed by atoms with E-state index < -0.39 is 16.7 Å². The van der Waals surface area contributed by atoms with E-state index in [2.05, 4.69) is 4.18 Å². The van der Waals surface area contributed by atoms with Crippen LogP contribution in [0.1, 0.15) is 1.43 Å². The van der Waals surface area contributed by atoms with Crippen molar-refractivity contribution < 1.29 is 48.7 Å². The molecule has 0 aromatic rings. The fourth-order valence-corrected chi connectivity index (χ4v) is 0.585. The van der Waals surface area contributed by atoms with Gasteiger partial charge < -0.3 is 6.53 Å². The second-order valence-corrected chi connectivity index (χ2v) is 3.01. The Kier molecular flexibility index (Phi) is 7.86. The van der Waals surface area contributed by atoms with Gasteiger partial charge in [0.15, 0.2) is 0 Å². The first-order valence-electron chi connectivity index (χ1n) is 2.01. The van der Waals surface area contributed by atoms with E-state index in [9.17, 15) is 8.42 Å². The summed E-state index contributed by atoms with van der Waals surface area (Å²) in [5, 5.41) is 8.07. The van der Waals surface area contributed by atoms with Crippen molar-refractivity contribution in [3.8, 4) is 0 Å². The Bertz CT molecular complexity index is 145. The van der Waals surface area contributed by atoms with Crippen LogP contribution in [0.15, 0.2) is 0 Å². The number of hydrogen-bond acceptors (Lipinski definition) is 4. The third kappa shape index (κ3) is 6.76. The fraction of sp³-hybridized carbons (Fsp3) is 1.00. The third-order valence-electron chi connectivity index (χ3n) is 0.595. The molecule has 0 atom stereocenters. The Labute approximate surface area is 78.1 Å². The van der Waals surface area contributed by atoms with Gasteiger partial charge in [-0.25, -0.2) is 0 Å². The summed E-state index contributed by atoms with van der Waals surface area (Å²) in [5.41, 5.74) is 0. The zero-order valence-corrected chi connectivity index (χ0v) is 8.31. The maximum atomic E-state index is 10.2. The monoisotopic (exact) mass is 164 g/mol. The van der Waals surface area contributed by atoms with Crippen LogP contribution in [0.4, 0.5) is 0 Å². The molecule has 4 nitrogen and oxygen atoms in total. The minimum Gasteiger partial charge on any atom is -1.00 e. The average molecular weight is 164 g/mol. The van der Waals surface area contributed by atoms with Gasteiger partial charge >= 0.3 is 29.6 Å². The summed E-state index contributed by atoms with van der Waals surface area (Å²) in [5.74, 6) is -0.330. The van der Waals surface area contributed by atoms with Crippen LogP contribution < -0.4 is 29.6 Å². The standard InChI is InChI=1S/C3H8O4S.Na.H/c1-7-8(5,6)3-2-4;;/h4H,2-3H2,1H3;;/q;+1;-1. The van der Waals surface area contributed by atoms with E-state index in [-0.39, 0.29) is 36.7 Å². The van der Waals surface area contributed by atoms with Gasteiger partial charge in [0.1, 0.15) is 0 Å². The normalized spacial score (nSPS) is 10.4. The first-order valence-corrected chi connectivity index (χ1v) is 3.59. The molecular weight excluding hydrogens is 155 g/mol. The largest absolute Gasteiger partial charge is 1.00 e. The Morgan fingerprint density at radius 3 is 2.22 bits per heavy atom. The van der Waals surface area contributed by atoms with Crippen molar-refractivity contribution >= 4 is 10.1 Å². The van der Waals surface area contributed by atoms with E-state index >= 15 is 0 Å². The van der Waals surface area contributed by atoms with Gasteiger partial charge in [-0.2, -0.15) is 8.42 Å². The number of hydrogen-bond donors (Lipinski definition) is 1. The molecule has 0 unspecified atom stereocenters. The second-order valence-electron chi connectivity index (χ2n) is 1.15. The van der Waals surface area contributed by atoms with Crippen LogP contribution >= 0.6 is 0 Å². The summed E-state index contributed by atoms with van der Waals surface area (Å²) in [6.45, 7) is -0.393. The van der Waals surface area contributed by atoms with Crippen LogP contribution in [0, 0.1) is 0 Å². The van der Waals surface area contributed by atoms with Crippen molar-refractivity contribution in [3.05, 3.63) is 0 Å². The number of aliphatic hydroxyl groups excluding tert-OH is 1. The van der Waals surface area contributed by atoms with Gasteiger partial charge in [-0.1, -0.05) is 0 Å². The summed E-state index contributed by atoms with van der Waals surface area (Å²) in [6, 6.07) is 0. The molecule has 6 heteroatoms. The maximum Gasteiger partial charge on any atom is 1.00 e. The molecule has 0 aliphatic rings. The number of rotatable bonds is 3. The van der Waals surface area contributed by atoms with Crippen LogP contribution in [-0.2, 0) is 14.3 Å². The van der Waals surface area contributed by atoms with Crippen LogP contribution in [-0.4, -0.2) is 33.0 Å². The van der Waals surface area contributed by atoms with Crippen LogP contribution in [0.2, 0.25) is 0 Å². The van der Waals surface area contributed by atoms with Gasteiger partial charge in [0.05, 0.1) is 19.5 Å². The molecule has 0 saturated heterocycles. The predicted molar refractivity (Wildman–Crippen MR) is 29.0 cm³/mol. The summed E-state index contributed by atoms with van der Waals surface area (Å²) >= 11 is 0. The van der Waals surface area contributed by atoms with Gasteiger partial charge in [-0.05, 0) is 0 Å². The Morgan fingerprint density at radius 2 is 2.11 bits per heavy atom. The van der Waals surface area contributed by atoms with Crippen molar-refractivity contribution in [1.29, 1.82) is 0 Å². The van der Waals surface area contributed by atoms with Gasteiger partial charge in [0.25, 0.3) is 10.1 Å². The molecular formula is C3H9NaO4S. The zero-order chi connectivity index (χ0) is 6.62. The molecule has 0 rings (SSSR count). The molecule has 0 bridgehead atoms. The Morgan fingerprint density at radius 1 is 1.67 bits per heavy atom. The summed E-state index contributed by atoms with van der Waals surface area (Å²) in [4.78, 5) is 0. The quantitative estimate of drug-likeness (QED) is 0.342. The second kappa shape index (κ2) is 5.64. The molecule has 0 aliphatic carbocycles. The Hall–Kier alpha value is 0.870. The third-order valence-corrected chi connectivity index (χ3v) is 1.79. The van der Waals surface area contributed by atoms with E-state index in [1.165, 1.54) is 0 Å². The SMILES string of the molecule is COS(=O)(=O)CCO.[H-].[Na+]. The van der Waals surface area contributed by atoms with E-state index in [4.69, 9.17) is 5.11 Å². The molecule has 0 aliphatic heterocycles. The van der Waals surface area contributed by atoms with E-state index in [0.717, 1.165) is 7.11 Å². The van der Waals surface area contributed by atoms with Crippen LogP contribution in [0.5, 0.6) is 0 Å². The van der Waals surface area contributed by atoms with Gasteiger partial charge in [-0.3, -0.25) is 4.18 Å². The topological polar surface area (TPSA) is 63.6 Å². The van der Waals surface area contributed by atoms with Gasteiger partial charge in [-0.15, -0.1) is 0 Å². The predicted octanol–water partition coefficient (Wildman–Crippen LogP) is -3.93. The van der Waals surface area contributed by atoms with E-state index in [0.29, 0.717) is 0 Å². The molecule has 0 spiro atoms. The maximum absolute atomic E-state index is 10.2. The minimum atomic E-state index is -3.42. The van der Waals surface area contributed by atoms with Crippen molar-refractivity contribution in [1.82, 2.24) is 0 Å². The molecule has 0 heterocycles. The molecule has 0 aromatic carbocycles. The number of aliphatic hydroxyl groups is 1. The zero-order valence-electron chi connectivity index (χ0n) is 6.49. The molecule has 9 heavy (non-hydrogen) atoms. The van der Waals surface area contributed by atoms with E-state index in [1.807, 2.05) is 0 Å². The first kappa shape index (κ1) is 12.5. The Balaban J connectivity index is -0.000000245. The molecule has 0 fully saturated rings. The van der Waals surface area contributed by atoms with Gasteiger partial charge in [0, 0.05) is 0 Å². The fourth-order valence-electron chi connectivity index (χ4n) is 0.195. The smallest absolute Gasteiger partial charge is 1.00 e. The average Bonchev–Trinajstić information content (AvgIpc) is 1.67. The van der Waals surface area contributed by atoms with Crippen molar-refractivity contribution in [3.63, 3.8) is 0 Å². The van der Waals surface area contributed by atoms with E-state index in [1.54, 1.807) is 0 Å². The molecule has 0 radical (unpaired) electrons. The summed E-state index contributed by atoms with van der Waals surface area (Å²) in [7, 11) is -2.36.